The van der Waals surface area contributed by atoms with Gasteiger partial charge in [-0.05, 0) is 61.9 Å². The molecule has 0 heterocycles. The van der Waals surface area contributed by atoms with Crippen molar-refractivity contribution in [3.05, 3.63) is 29.3 Å². The SMILES string of the molecule is C[C@H]1[C@H](C)CCC[C@H]1NCCCCOc1ccc(Cl)cc1. The molecule has 0 spiro atoms. The molecule has 1 aromatic carbocycles. The predicted molar refractivity (Wildman–Crippen MR) is 90.2 cm³/mol. The molecule has 118 valence electrons. The number of nitrogens with one attached hydrogen (secondary N) is 1. The van der Waals surface area contributed by atoms with E-state index in [0.29, 0.717) is 6.04 Å². The van der Waals surface area contributed by atoms with Crippen LogP contribution < -0.4 is 10.1 Å². The third kappa shape index (κ3) is 5.52. The molecule has 0 unspecified atom stereocenters. The van der Waals surface area contributed by atoms with Gasteiger partial charge in [-0.2, -0.15) is 0 Å². The molecular weight excluding hydrogens is 282 g/mol. The van der Waals surface area contributed by atoms with Crippen LogP contribution >= 0.6 is 11.6 Å². The van der Waals surface area contributed by atoms with E-state index in [1.54, 1.807) is 0 Å². The molecule has 0 aromatic heterocycles. The van der Waals surface area contributed by atoms with Gasteiger partial charge in [0.05, 0.1) is 6.61 Å². The number of benzene rings is 1. The van der Waals surface area contributed by atoms with E-state index in [1.807, 2.05) is 24.3 Å². The van der Waals surface area contributed by atoms with Crippen molar-refractivity contribution in [3.8, 4) is 5.75 Å². The van der Waals surface area contributed by atoms with E-state index in [-0.39, 0.29) is 0 Å². The molecule has 0 bridgehead atoms. The monoisotopic (exact) mass is 309 g/mol. The number of hydrogen-bond acceptors (Lipinski definition) is 2. The Labute approximate surface area is 134 Å². The highest BCUT2D eigenvalue weighted by atomic mass is 35.5. The van der Waals surface area contributed by atoms with Gasteiger partial charge in [-0.3, -0.25) is 0 Å². The summed E-state index contributed by atoms with van der Waals surface area (Å²) in [4.78, 5) is 0. The largest absolute Gasteiger partial charge is 0.494 e. The van der Waals surface area contributed by atoms with Crippen molar-refractivity contribution in [2.24, 2.45) is 11.8 Å². The lowest BCUT2D eigenvalue weighted by Crippen LogP contribution is -2.41. The minimum absolute atomic E-state index is 0.714. The van der Waals surface area contributed by atoms with Crippen LogP contribution in [-0.4, -0.2) is 19.2 Å². The van der Waals surface area contributed by atoms with E-state index in [2.05, 4.69) is 19.2 Å². The third-order valence-corrected chi connectivity index (χ3v) is 5.02. The summed E-state index contributed by atoms with van der Waals surface area (Å²) in [5, 5.41) is 4.49. The normalized spacial score (nSPS) is 25.8. The maximum absolute atomic E-state index is 5.85. The third-order valence-electron chi connectivity index (χ3n) is 4.77. The van der Waals surface area contributed by atoms with Crippen molar-refractivity contribution >= 4 is 11.6 Å². The van der Waals surface area contributed by atoms with Crippen molar-refractivity contribution in [1.82, 2.24) is 5.32 Å². The van der Waals surface area contributed by atoms with E-state index in [0.717, 1.165) is 42.2 Å². The number of ether oxygens (including phenoxy) is 1. The molecule has 0 saturated heterocycles. The van der Waals surface area contributed by atoms with Crippen molar-refractivity contribution in [2.45, 2.75) is 52.0 Å². The fraction of sp³-hybridized carbons (Fsp3) is 0.667. The fourth-order valence-corrected chi connectivity index (χ4v) is 3.23. The van der Waals surface area contributed by atoms with E-state index < -0.39 is 0 Å². The lowest BCUT2D eigenvalue weighted by Gasteiger charge is -2.34. The van der Waals surface area contributed by atoms with Gasteiger partial charge in [-0.15, -0.1) is 0 Å². The molecule has 0 amide bonds. The van der Waals surface area contributed by atoms with Crippen molar-refractivity contribution < 1.29 is 4.74 Å². The summed E-state index contributed by atoms with van der Waals surface area (Å²) in [6, 6.07) is 8.29. The maximum Gasteiger partial charge on any atom is 0.119 e. The first-order valence-electron chi connectivity index (χ1n) is 8.28. The Morgan fingerprint density at radius 3 is 2.67 bits per heavy atom. The van der Waals surface area contributed by atoms with Gasteiger partial charge in [-0.1, -0.05) is 38.3 Å². The number of rotatable bonds is 7. The highest BCUT2D eigenvalue weighted by Gasteiger charge is 2.26. The van der Waals surface area contributed by atoms with Crippen molar-refractivity contribution in [1.29, 1.82) is 0 Å². The van der Waals surface area contributed by atoms with E-state index >= 15 is 0 Å². The molecule has 3 atom stereocenters. The maximum atomic E-state index is 5.85. The Kier molecular flexibility index (Phi) is 6.85. The van der Waals surface area contributed by atoms with Crippen molar-refractivity contribution in [3.63, 3.8) is 0 Å². The van der Waals surface area contributed by atoms with Crippen LogP contribution in [0, 0.1) is 11.8 Å². The zero-order valence-corrected chi connectivity index (χ0v) is 14.0. The lowest BCUT2D eigenvalue weighted by atomic mass is 9.78. The quantitative estimate of drug-likeness (QED) is 0.722. The Morgan fingerprint density at radius 1 is 1.14 bits per heavy atom. The van der Waals surface area contributed by atoms with Gasteiger partial charge in [0.15, 0.2) is 0 Å². The van der Waals surface area contributed by atoms with E-state index in [1.165, 1.54) is 25.7 Å². The summed E-state index contributed by atoms with van der Waals surface area (Å²) >= 11 is 5.85. The van der Waals surface area contributed by atoms with Crippen LogP contribution in [0.4, 0.5) is 0 Å². The summed E-state index contributed by atoms with van der Waals surface area (Å²) in [5.41, 5.74) is 0. The minimum Gasteiger partial charge on any atom is -0.494 e. The summed E-state index contributed by atoms with van der Waals surface area (Å²) in [6.45, 7) is 6.66. The molecule has 0 radical (unpaired) electrons. The Balaban J connectivity index is 1.55. The van der Waals surface area contributed by atoms with Crippen LogP contribution in [0.3, 0.4) is 0 Å². The molecular formula is C18H28ClNO. The fourth-order valence-electron chi connectivity index (χ4n) is 3.11. The van der Waals surface area contributed by atoms with Crippen LogP contribution in [0.2, 0.25) is 5.02 Å². The van der Waals surface area contributed by atoms with E-state index in [9.17, 15) is 0 Å². The Bertz CT molecular complexity index is 406. The standard InChI is InChI=1S/C18H28ClNO/c1-14-6-5-7-18(15(14)2)20-12-3-4-13-21-17-10-8-16(19)9-11-17/h8-11,14-15,18,20H,3-7,12-13H2,1-2H3/t14-,15+,18-/m1/s1. The molecule has 21 heavy (non-hydrogen) atoms. The second-order valence-electron chi connectivity index (χ2n) is 6.34. The highest BCUT2D eigenvalue weighted by molar-refractivity contribution is 6.30. The summed E-state index contributed by atoms with van der Waals surface area (Å²) in [6.07, 6.45) is 6.38. The molecule has 1 aliphatic rings. The number of halogens is 1. The Hall–Kier alpha value is -0.730. The molecule has 1 aliphatic carbocycles. The first kappa shape index (κ1) is 16.6. The van der Waals surface area contributed by atoms with Crippen LogP contribution in [0.15, 0.2) is 24.3 Å². The molecule has 1 fully saturated rings. The zero-order chi connectivity index (χ0) is 15.1. The van der Waals surface area contributed by atoms with E-state index in [4.69, 9.17) is 16.3 Å². The zero-order valence-electron chi connectivity index (χ0n) is 13.3. The molecule has 2 nitrogen and oxygen atoms in total. The smallest absolute Gasteiger partial charge is 0.119 e. The Morgan fingerprint density at radius 2 is 1.90 bits per heavy atom. The van der Waals surface area contributed by atoms with Crippen LogP contribution in [0.25, 0.3) is 0 Å². The van der Waals surface area contributed by atoms with Gasteiger partial charge in [0.1, 0.15) is 5.75 Å². The molecule has 1 saturated carbocycles. The highest BCUT2D eigenvalue weighted by Crippen LogP contribution is 2.29. The van der Waals surface area contributed by atoms with Gasteiger partial charge < -0.3 is 10.1 Å². The minimum atomic E-state index is 0.714. The second kappa shape index (κ2) is 8.65. The number of hydrogen-bond donors (Lipinski definition) is 1. The molecule has 3 heteroatoms. The molecule has 1 N–H and O–H groups in total. The van der Waals surface area contributed by atoms with Gasteiger partial charge in [-0.25, -0.2) is 0 Å². The van der Waals surface area contributed by atoms with Crippen molar-refractivity contribution in [2.75, 3.05) is 13.2 Å². The van der Waals surface area contributed by atoms with Gasteiger partial charge in [0, 0.05) is 11.1 Å². The number of unbranched alkanes of at least 4 members (excludes halogenated alkanes) is 1. The second-order valence-corrected chi connectivity index (χ2v) is 6.77. The topological polar surface area (TPSA) is 21.3 Å². The predicted octanol–water partition coefficient (Wildman–Crippen LogP) is 4.91. The summed E-state index contributed by atoms with van der Waals surface area (Å²) < 4.78 is 5.70. The molecule has 2 rings (SSSR count). The summed E-state index contributed by atoms with van der Waals surface area (Å²) in [7, 11) is 0. The van der Waals surface area contributed by atoms with Gasteiger partial charge >= 0.3 is 0 Å². The van der Waals surface area contributed by atoms with Crippen LogP contribution in [0.5, 0.6) is 5.75 Å². The van der Waals surface area contributed by atoms with Crippen LogP contribution in [0.1, 0.15) is 46.0 Å². The molecule has 0 aliphatic heterocycles. The average molecular weight is 310 g/mol. The van der Waals surface area contributed by atoms with Gasteiger partial charge in [0.2, 0.25) is 0 Å². The first-order chi connectivity index (χ1) is 10.2. The van der Waals surface area contributed by atoms with Gasteiger partial charge in [0.25, 0.3) is 0 Å². The molecule has 1 aromatic rings. The lowest BCUT2D eigenvalue weighted by molar-refractivity contribution is 0.205. The van der Waals surface area contributed by atoms with Crippen LogP contribution in [-0.2, 0) is 0 Å². The first-order valence-corrected chi connectivity index (χ1v) is 8.66. The summed E-state index contributed by atoms with van der Waals surface area (Å²) in [5.74, 6) is 2.58. The average Bonchev–Trinajstić information content (AvgIpc) is 2.49.